The molecule has 294 valence electrons. The van der Waals surface area contributed by atoms with Gasteiger partial charge < -0.3 is 0 Å². The number of benzene rings is 5. The van der Waals surface area contributed by atoms with Crippen LogP contribution in [0.4, 0.5) is 0 Å². The average molecular weight is 811 g/mol. The van der Waals surface area contributed by atoms with Crippen LogP contribution in [0, 0.1) is 0 Å². The third-order valence-corrected chi connectivity index (χ3v) is 17.2. The maximum absolute atomic E-state index is 4.95. The maximum Gasteiger partial charge on any atom is 0.137 e. The molecule has 9 aromatic rings. The fourth-order valence-electron chi connectivity index (χ4n) is 9.90. The molecule has 2 aliphatic carbocycles. The molecule has 0 saturated carbocycles. The van der Waals surface area contributed by atoms with E-state index in [1.807, 2.05) is 24.5 Å². The second-order valence-corrected chi connectivity index (χ2v) is 29.2. The molecule has 4 nitrogen and oxygen atoms in total. The van der Waals surface area contributed by atoms with E-state index in [2.05, 4.69) is 170 Å². The first-order valence-electron chi connectivity index (χ1n) is 21.6. The highest BCUT2D eigenvalue weighted by Crippen LogP contribution is 2.45. The SMILES string of the molecule is C[Si](C)(C)c1cccc(C2=Cc3c(n(-c4ccccn4)c4cc5c(cc34)CCc3cc4c6cc(-c7cccc([Si](C)(C)C)c7)ccc6n(-c6ccccn6)c4cc3-5)CC2)c1. The molecule has 2 aliphatic rings. The number of pyridine rings is 2. The molecule has 0 radical (unpaired) electrons. The van der Waals surface area contributed by atoms with Gasteiger partial charge in [-0.2, -0.15) is 0 Å². The lowest BCUT2D eigenvalue weighted by Gasteiger charge is -2.21. The zero-order chi connectivity index (χ0) is 40.9. The predicted octanol–water partition coefficient (Wildman–Crippen LogP) is 12.5. The van der Waals surface area contributed by atoms with Gasteiger partial charge in [-0.1, -0.05) is 116 Å². The smallest absolute Gasteiger partial charge is 0.137 e. The van der Waals surface area contributed by atoms with Crippen LogP contribution in [-0.4, -0.2) is 35.2 Å². The van der Waals surface area contributed by atoms with Crippen molar-refractivity contribution < 1.29 is 0 Å². The fraction of sp³-hybridized carbons (Fsp3) is 0.185. The predicted molar refractivity (Wildman–Crippen MR) is 260 cm³/mol. The summed E-state index contributed by atoms with van der Waals surface area (Å²) in [5.41, 5.74) is 17.1. The van der Waals surface area contributed by atoms with E-state index in [1.54, 1.807) is 0 Å². The molecule has 4 aromatic heterocycles. The Morgan fingerprint density at radius 2 is 1.02 bits per heavy atom. The van der Waals surface area contributed by atoms with Crippen molar-refractivity contribution >= 4 is 70.9 Å². The normalized spacial score (nSPS) is 14.0. The van der Waals surface area contributed by atoms with E-state index in [0.29, 0.717) is 0 Å². The number of fused-ring (bicyclic) bond motifs is 9. The summed E-state index contributed by atoms with van der Waals surface area (Å²) in [6.45, 7) is 14.6. The summed E-state index contributed by atoms with van der Waals surface area (Å²) in [5, 5.41) is 6.87. The highest BCUT2D eigenvalue weighted by atomic mass is 28.3. The molecule has 0 atom stereocenters. The van der Waals surface area contributed by atoms with Gasteiger partial charge in [-0.3, -0.25) is 9.13 Å². The third-order valence-electron chi connectivity index (χ3n) is 13.1. The zero-order valence-corrected chi connectivity index (χ0v) is 37.5. The lowest BCUT2D eigenvalue weighted by molar-refractivity contribution is 0.879. The molecule has 0 unspecified atom stereocenters. The minimum Gasteiger partial charge on any atom is -0.298 e. The maximum atomic E-state index is 4.95. The molecule has 0 bridgehead atoms. The van der Waals surface area contributed by atoms with Crippen molar-refractivity contribution in [1.29, 1.82) is 0 Å². The summed E-state index contributed by atoms with van der Waals surface area (Å²) < 4.78 is 4.83. The van der Waals surface area contributed by atoms with Crippen LogP contribution in [0.3, 0.4) is 0 Å². The number of rotatable bonds is 6. The molecule has 0 spiro atoms. The summed E-state index contributed by atoms with van der Waals surface area (Å²) in [5.74, 6) is 1.92. The lowest BCUT2D eigenvalue weighted by atomic mass is 9.83. The number of aryl methyl sites for hydroxylation is 2. The Kier molecular flexibility index (Phi) is 8.46. The molecule has 0 aliphatic heterocycles. The van der Waals surface area contributed by atoms with Crippen molar-refractivity contribution in [3.05, 3.63) is 168 Å². The van der Waals surface area contributed by atoms with E-state index >= 15 is 0 Å². The van der Waals surface area contributed by atoms with Gasteiger partial charge in [0.15, 0.2) is 0 Å². The van der Waals surface area contributed by atoms with Gasteiger partial charge in [-0.15, -0.1) is 0 Å². The van der Waals surface area contributed by atoms with Gasteiger partial charge in [0.1, 0.15) is 11.6 Å². The highest BCUT2D eigenvalue weighted by molar-refractivity contribution is 6.89. The number of nitrogens with zero attached hydrogens (tertiary/aromatic N) is 4. The van der Waals surface area contributed by atoms with Crippen molar-refractivity contribution in [2.24, 2.45) is 0 Å². The first-order valence-corrected chi connectivity index (χ1v) is 28.6. The van der Waals surface area contributed by atoms with Crippen molar-refractivity contribution in [3.63, 3.8) is 0 Å². The largest absolute Gasteiger partial charge is 0.298 e. The average Bonchev–Trinajstić information content (AvgIpc) is 3.76. The minimum atomic E-state index is -1.47. The van der Waals surface area contributed by atoms with E-state index in [1.165, 1.54) is 98.9 Å². The van der Waals surface area contributed by atoms with Crippen molar-refractivity contribution in [3.8, 4) is 33.9 Å². The Morgan fingerprint density at radius 3 is 1.65 bits per heavy atom. The first kappa shape index (κ1) is 37.0. The van der Waals surface area contributed by atoms with Gasteiger partial charge in [0, 0.05) is 39.8 Å². The van der Waals surface area contributed by atoms with Crippen molar-refractivity contribution in [2.45, 2.75) is 65.0 Å². The molecule has 5 aromatic carbocycles. The molecule has 0 amide bonds. The van der Waals surface area contributed by atoms with Gasteiger partial charge in [0.2, 0.25) is 0 Å². The molecule has 11 rings (SSSR count). The van der Waals surface area contributed by atoms with Crippen LogP contribution in [-0.2, 0) is 19.3 Å². The fourth-order valence-corrected chi connectivity index (χ4v) is 12.3. The van der Waals surface area contributed by atoms with E-state index in [-0.39, 0.29) is 0 Å². The number of hydrogen-bond acceptors (Lipinski definition) is 2. The second kappa shape index (κ2) is 13.7. The number of allylic oxidation sites excluding steroid dienone is 1. The van der Waals surface area contributed by atoms with E-state index in [9.17, 15) is 0 Å². The van der Waals surface area contributed by atoms with Crippen LogP contribution in [0.15, 0.2) is 140 Å². The summed E-state index contributed by atoms with van der Waals surface area (Å²) in [6.07, 6.45) is 10.3. The molecular weight excluding hydrogens is 761 g/mol. The standard InChI is InChI=1S/C54H50N4Si2/c1-59(2,3)41-15-11-13-35(27-41)37-21-23-49-45(29-37)47-31-39-19-20-40-32-48-46-30-38(36-14-12-16-42(28-36)60(4,5)6)22-24-50(46)58(54-18-8-10-26-56-54)52(48)34-44(40)43(39)33-51(47)57(49)53-17-7-9-25-55-53/h7-18,21,23,25-34H,19-20,22,24H2,1-6H3. The lowest BCUT2D eigenvalue weighted by Crippen LogP contribution is -2.37. The molecule has 6 heteroatoms. The van der Waals surface area contributed by atoms with Gasteiger partial charge >= 0.3 is 0 Å². The van der Waals surface area contributed by atoms with Gasteiger partial charge in [-0.25, -0.2) is 9.97 Å². The summed E-state index contributed by atoms with van der Waals surface area (Å²) >= 11 is 0. The monoisotopic (exact) mass is 810 g/mol. The van der Waals surface area contributed by atoms with Crippen molar-refractivity contribution in [2.75, 3.05) is 0 Å². The minimum absolute atomic E-state index is 0.937. The van der Waals surface area contributed by atoms with E-state index in [0.717, 1.165) is 37.3 Å². The Labute approximate surface area is 354 Å². The van der Waals surface area contributed by atoms with Crippen molar-refractivity contribution in [1.82, 2.24) is 19.1 Å². The second-order valence-electron chi connectivity index (χ2n) is 19.0. The molecule has 4 heterocycles. The molecule has 0 N–H and O–H groups in total. The van der Waals surface area contributed by atoms with Crippen LogP contribution in [0.2, 0.25) is 39.3 Å². The quantitative estimate of drug-likeness (QED) is 0.157. The number of hydrogen-bond donors (Lipinski definition) is 0. The Hall–Kier alpha value is -6.09. The summed E-state index contributed by atoms with van der Waals surface area (Å²) in [6, 6.07) is 48.1. The zero-order valence-electron chi connectivity index (χ0n) is 35.5. The molecular formula is C54H50N4Si2. The van der Waals surface area contributed by atoms with Gasteiger partial charge in [0.05, 0.1) is 32.7 Å². The highest BCUT2D eigenvalue weighted by Gasteiger charge is 2.28. The van der Waals surface area contributed by atoms with E-state index < -0.39 is 16.1 Å². The van der Waals surface area contributed by atoms with Crippen LogP contribution < -0.4 is 10.4 Å². The molecule has 0 fully saturated rings. The molecule has 0 saturated heterocycles. The van der Waals surface area contributed by atoms with Crippen LogP contribution >= 0.6 is 0 Å². The Bertz CT molecular complexity index is 3210. The van der Waals surface area contributed by atoms with E-state index in [4.69, 9.17) is 9.97 Å². The van der Waals surface area contributed by atoms with Gasteiger partial charge in [-0.05, 0) is 137 Å². The van der Waals surface area contributed by atoms with Crippen LogP contribution in [0.25, 0.3) is 78.2 Å². The van der Waals surface area contributed by atoms with Gasteiger partial charge in [0.25, 0.3) is 0 Å². The van der Waals surface area contributed by atoms with Crippen LogP contribution in [0.1, 0.15) is 34.4 Å². The Balaban J connectivity index is 1.12. The number of aromatic nitrogens is 4. The third kappa shape index (κ3) is 6.07. The Morgan fingerprint density at radius 1 is 0.450 bits per heavy atom. The van der Waals surface area contributed by atoms with Crippen LogP contribution in [0.5, 0.6) is 0 Å². The topological polar surface area (TPSA) is 35.6 Å². The first-order chi connectivity index (χ1) is 29.0. The molecule has 60 heavy (non-hydrogen) atoms. The summed E-state index contributed by atoms with van der Waals surface area (Å²) in [7, 11) is -2.92. The summed E-state index contributed by atoms with van der Waals surface area (Å²) in [4.78, 5) is 9.86.